The maximum atomic E-state index is 13.1. The Morgan fingerprint density at radius 1 is 1.00 bits per heavy atom. The highest BCUT2D eigenvalue weighted by Gasteiger charge is 2.12. The molecule has 1 aliphatic rings. The quantitative estimate of drug-likeness (QED) is 0.843. The molecule has 7 heteroatoms. The van der Waals surface area contributed by atoms with Crippen molar-refractivity contribution in [3.63, 3.8) is 0 Å². The Balaban J connectivity index is 1.57. The van der Waals surface area contributed by atoms with Crippen molar-refractivity contribution in [3.05, 3.63) is 53.6 Å². The van der Waals surface area contributed by atoms with Crippen LogP contribution in [0.3, 0.4) is 0 Å². The van der Waals surface area contributed by atoms with Gasteiger partial charge in [0.15, 0.2) is 28.2 Å². The van der Waals surface area contributed by atoms with E-state index in [1.807, 2.05) is 6.07 Å². The van der Waals surface area contributed by atoms with E-state index in [0.717, 1.165) is 17.8 Å². The van der Waals surface area contributed by atoms with Gasteiger partial charge in [-0.1, -0.05) is 6.07 Å². The van der Waals surface area contributed by atoms with E-state index in [9.17, 15) is 8.78 Å². The molecule has 120 valence electrons. The van der Waals surface area contributed by atoms with Gasteiger partial charge < -0.3 is 20.1 Å². The number of thiocarbonyl (C=S) groups is 1. The fourth-order valence-electron chi connectivity index (χ4n) is 2.13. The summed E-state index contributed by atoms with van der Waals surface area (Å²) < 4.78 is 36.9. The third kappa shape index (κ3) is 3.87. The summed E-state index contributed by atoms with van der Waals surface area (Å²) in [4.78, 5) is 0. The molecule has 0 bridgehead atoms. The number of hydrogen-bond acceptors (Lipinski definition) is 3. The molecule has 0 aromatic heterocycles. The van der Waals surface area contributed by atoms with Gasteiger partial charge in [-0.2, -0.15) is 0 Å². The highest BCUT2D eigenvalue weighted by Crippen LogP contribution is 2.32. The van der Waals surface area contributed by atoms with E-state index < -0.39 is 11.6 Å². The average Bonchev–Trinajstić information content (AvgIpc) is 2.56. The fraction of sp³-hybridized carbons (Fsp3) is 0.188. The molecule has 0 saturated heterocycles. The summed E-state index contributed by atoms with van der Waals surface area (Å²) in [7, 11) is 0. The topological polar surface area (TPSA) is 42.5 Å². The van der Waals surface area contributed by atoms with E-state index in [1.165, 1.54) is 6.07 Å². The maximum absolute atomic E-state index is 13.1. The number of hydrogen-bond donors (Lipinski definition) is 2. The zero-order valence-corrected chi connectivity index (χ0v) is 12.9. The second-order valence-electron chi connectivity index (χ2n) is 4.91. The Bertz CT molecular complexity index is 740. The lowest BCUT2D eigenvalue weighted by Gasteiger charge is -2.19. The highest BCUT2D eigenvalue weighted by atomic mass is 32.1. The molecular weight excluding hydrogens is 322 g/mol. The molecule has 2 N–H and O–H groups in total. The van der Waals surface area contributed by atoms with E-state index in [-0.39, 0.29) is 6.54 Å². The molecule has 0 unspecified atom stereocenters. The van der Waals surface area contributed by atoms with E-state index in [0.29, 0.717) is 35.4 Å². The van der Waals surface area contributed by atoms with Crippen molar-refractivity contribution in [3.8, 4) is 11.5 Å². The van der Waals surface area contributed by atoms with E-state index in [4.69, 9.17) is 21.7 Å². The van der Waals surface area contributed by atoms with Crippen LogP contribution in [0.2, 0.25) is 0 Å². The zero-order chi connectivity index (χ0) is 16.2. The molecule has 0 saturated carbocycles. The van der Waals surface area contributed by atoms with Crippen molar-refractivity contribution < 1.29 is 18.3 Å². The molecule has 0 fully saturated rings. The van der Waals surface area contributed by atoms with E-state index >= 15 is 0 Å². The number of nitrogens with one attached hydrogen (secondary N) is 2. The van der Waals surface area contributed by atoms with Gasteiger partial charge in [0.2, 0.25) is 0 Å². The Kier molecular flexibility index (Phi) is 4.57. The number of ether oxygens (including phenoxy) is 2. The Labute approximate surface area is 137 Å². The van der Waals surface area contributed by atoms with Crippen LogP contribution in [0.15, 0.2) is 36.4 Å². The van der Waals surface area contributed by atoms with Gasteiger partial charge >= 0.3 is 0 Å². The molecule has 4 nitrogen and oxygen atoms in total. The first kappa shape index (κ1) is 15.5. The third-order valence-corrected chi connectivity index (χ3v) is 3.48. The molecule has 1 heterocycles. The zero-order valence-electron chi connectivity index (χ0n) is 12.1. The summed E-state index contributed by atoms with van der Waals surface area (Å²) in [5, 5.41) is 6.31. The SMILES string of the molecule is Fc1ccc(CNC(=S)Nc2ccc3c(c2)OCCO3)cc1F. The molecule has 0 atom stereocenters. The first-order valence-electron chi connectivity index (χ1n) is 7.00. The van der Waals surface area contributed by atoms with Gasteiger partial charge in [-0.15, -0.1) is 0 Å². The molecule has 0 aliphatic carbocycles. The predicted octanol–water partition coefficient (Wildman–Crippen LogP) is 3.22. The average molecular weight is 336 g/mol. The predicted molar refractivity (Wildman–Crippen MR) is 86.9 cm³/mol. The molecule has 0 amide bonds. The van der Waals surface area contributed by atoms with Gasteiger partial charge in [-0.25, -0.2) is 8.78 Å². The second kappa shape index (κ2) is 6.78. The molecule has 0 spiro atoms. The fourth-order valence-corrected chi connectivity index (χ4v) is 2.32. The van der Waals surface area contributed by atoms with Gasteiger partial charge in [-0.05, 0) is 42.0 Å². The summed E-state index contributed by atoms with van der Waals surface area (Å²) >= 11 is 5.19. The smallest absolute Gasteiger partial charge is 0.171 e. The first-order valence-corrected chi connectivity index (χ1v) is 7.41. The minimum Gasteiger partial charge on any atom is -0.486 e. The normalized spacial score (nSPS) is 12.6. The highest BCUT2D eigenvalue weighted by molar-refractivity contribution is 7.80. The standard InChI is InChI=1S/C16H14F2N2O2S/c17-12-3-1-10(7-13(12)18)9-19-16(23)20-11-2-4-14-15(8-11)22-6-5-21-14/h1-4,7-8H,5-6,9H2,(H2,19,20,23). The first-order chi connectivity index (χ1) is 11.1. The van der Waals surface area contributed by atoms with Gasteiger partial charge in [-0.3, -0.25) is 0 Å². The number of rotatable bonds is 3. The van der Waals surface area contributed by atoms with E-state index in [1.54, 1.807) is 12.1 Å². The third-order valence-electron chi connectivity index (χ3n) is 3.24. The lowest BCUT2D eigenvalue weighted by atomic mass is 10.2. The number of fused-ring (bicyclic) bond motifs is 1. The monoisotopic (exact) mass is 336 g/mol. The van der Waals surface area contributed by atoms with Crippen LogP contribution in [0.25, 0.3) is 0 Å². The van der Waals surface area contributed by atoms with Crippen LogP contribution < -0.4 is 20.1 Å². The summed E-state index contributed by atoms with van der Waals surface area (Å²) in [6.45, 7) is 1.33. The van der Waals surface area contributed by atoms with Gasteiger partial charge in [0.1, 0.15) is 13.2 Å². The molecule has 2 aromatic rings. The van der Waals surface area contributed by atoms with Crippen LogP contribution in [0.4, 0.5) is 14.5 Å². The largest absolute Gasteiger partial charge is 0.486 e. The molecule has 23 heavy (non-hydrogen) atoms. The minimum atomic E-state index is -0.880. The second-order valence-corrected chi connectivity index (χ2v) is 5.32. The Morgan fingerprint density at radius 2 is 1.78 bits per heavy atom. The van der Waals surface area contributed by atoms with Crippen molar-refractivity contribution in [2.24, 2.45) is 0 Å². The summed E-state index contributed by atoms with van der Waals surface area (Å²) in [5.41, 5.74) is 1.34. The summed E-state index contributed by atoms with van der Waals surface area (Å²) in [6, 6.07) is 9.13. The van der Waals surface area contributed by atoms with Crippen LogP contribution in [0, 0.1) is 11.6 Å². The minimum absolute atomic E-state index is 0.285. The number of halogens is 2. The molecule has 1 aliphatic heterocycles. The Morgan fingerprint density at radius 3 is 2.57 bits per heavy atom. The van der Waals surface area contributed by atoms with Crippen LogP contribution >= 0.6 is 12.2 Å². The molecule has 0 radical (unpaired) electrons. The van der Waals surface area contributed by atoms with Crippen molar-refractivity contribution in [1.82, 2.24) is 5.32 Å². The molecular formula is C16H14F2N2O2S. The van der Waals surface area contributed by atoms with Crippen molar-refractivity contribution >= 4 is 23.0 Å². The maximum Gasteiger partial charge on any atom is 0.171 e. The summed E-state index contributed by atoms with van der Waals surface area (Å²) in [5.74, 6) is -0.395. The number of anilines is 1. The van der Waals surface area contributed by atoms with Crippen LogP contribution in [-0.4, -0.2) is 18.3 Å². The Hall–Kier alpha value is -2.41. The van der Waals surface area contributed by atoms with Crippen LogP contribution in [0.5, 0.6) is 11.5 Å². The van der Waals surface area contributed by atoms with E-state index in [2.05, 4.69) is 10.6 Å². The van der Waals surface area contributed by atoms with Crippen LogP contribution in [-0.2, 0) is 6.54 Å². The van der Waals surface area contributed by atoms with Crippen molar-refractivity contribution in [2.75, 3.05) is 18.5 Å². The number of benzene rings is 2. The van der Waals surface area contributed by atoms with Gasteiger partial charge in [0, 0.05) is 18.3 Å². The molecule has 2 aromatic carbocycles. The van der Waals surface area contributed by atoms with Gasteiger partial charge in [0.05, 0.1) is 0 Å². The van der Waals surface area contributed by atoms with Crippen LogP contribution in [0.1, 0.15) is 5.56 Å². The lowest BCUT2D eigenvalue weighted by Crippen LogP contribution is -2.28. The summed E-state index contributed by atoms with van der Waals surface area (Å²) in [6.07, 6.45) is 0. The van der Waals surface area contributed by atoms with Gasteiger partial charge in [0.25, 0.3) is 0 Å². The lowest BCUT2D eigenvalue weighted by molar-refractivity contribution is 0.171. The molecule has 3 rings (SSSR count). The van der Waals surface area contributed by atoms with Crippen molar-refractivity contribution in [1.29, 1.82) is 0 Å². The van der Waals surface area contributed by atoms with Crippen molar-refractivity contribution in [2.45, 2.75) is 6.54 Å².